The Morgan fingerprint density at radius 2 is 2.00 bits per heavy atom. The van der Waals surface area contributed by atoms with E-state index in [4.69, 9.17) is 14.7 Å². The summed E-state index contributed by atoms with van der Waals surface area (Å²) in [5, 5.41) is 3.42. The van der Waals surface area contributed by atoms with Crippen molar-refractivity contribution in [3.63, 3.8) is 0 Å². The van der Waals surface area contributed by atoms with E-state index in [0.29, 0.717) is 18.2 Å². The molecule has 0 aliphatic carbocycles. The van der Waals surface area contributed by atoms with Gasteiger partial charge >= 0.3 is 0 Å². The molecule has 0 unspecified atom stereocenters. The first-order valence-corrected chi connectivity index (χ1v) is 10.3. The number of rotatable bonds is 5. The van der Waals surface area contributed by atoms with Gasteiger partial charge in [-0.1, -0.05) is 6.07 Å². The standard InChI is InChI=1S/C20H26N8O/c1-2-15(12-21-5-1)13-22-18-17-19(24-14-23-17)26-20(25-18)28-6-3-16(4-7-28)27-8-10-29-11-9-27/h1-2,5,12,14,16H,3-4,6-11,13H2,(H2,22,23,24,25,26). The minimum Gasteiger partial charge on any atom is -0.379 e. The van der Waals surface area contributed by atoms with Crippen LogP contribution in [0.2, 0.25) is 0 Å². The molecule has 0 spiro atoms. The first-order chi connectivity index (χ1) is 14.4. The third-order valence-electron chi connectivity index (χ3n) is 5.77. The van der Waals surface area contributed by atoms with E-state index in [1.165, 1.54) is 0 Å². The molecule has 3 aromatic rings. The fraction of sp³-hybridized carbons (Fsp3) is 0.500. The Kier molecular flexibility index (Phi) is 5.23. The average Bonchev–Trinajstić information content (AvgIpc) is 3.28. The van der Waals surface area contributed by atoms with Crippen molar-refractivity contribution < 1.29 is 4.74 Å². The number of aromatic nitrogens is 5. The Morgan fingerprint density at radius 3 is 2.79 bits per heavy atom. The Bertz CT molecular complexity index is 932. The van der Waals surface area contributed by atoms with Gasteiger partial charge in [-0.2, -0.15) is 9.97 Å². The molecule has 29 heavy (non-hydrogen) atoms. The molecule has 152 valence electrons. The zero-order chi connectivity index (χ0) is 19.5. The summed E-state index contributed by atoms with van der Waals surface area (Å²) < 4.78 is 5.49. The van der Waals surface area contributed by atoms with Crippen LogP contribution in [0.4, 0.5) is 11.8 Å². The van der Waals surface area contributed by atoms with Gasteiger partial charge in [0, 0.05) is 51.2 Å². The highest BCUT2D eigenvalue weighted by atomic mass is 16.5. The number of hydrogen-bond donors (Lipinski definition) is 2. The summed E-state index contributed by atoms with van der Waals surface area (Å²) in [6.07, 6.45) is 7.56. The third-order valence-corrected chi connectivity index (χ3v) is 5.77. The topological polar surface area (TPSA) is 95.1 Å². The minimum atomic E-state index is 0.632. The lowest BCUT2D eigenvalue weighted by Gasteiger charge is -2.40. The van der Waals surface area contributed by atoms with Gasteiger partial charge in [0.05, 0.1) is 19.5 Å². The summed E-state index contributed by atoms with van der Waals surface area (Å²) in [5.41, 5.74) is 2.63. The summed E-state index contributed by atoms with van der Waals surface area (Å²) >= 11 is 0. The van der Waals surface area contributed by atoms with Crippen molar-refractivity contribution in [1.29, 1.82) is 0 Å². The molecule has 2 aliphatic heterocycles. The Morgan fingerprint density at radius 1 is 1.14 bits per heavy atom. The molecule has 0 bridgehead atoms. The van der Waals surface area contributed by atoms with Crippen LogP contribution in [0.3, 0.4) is 0 Å². The first-order valence-electron chi connectivity index (χ1n) is 10.3. The number of ether oxygens (including phenoxy) is 1. The SMILES string of the molecule is c1cncc(CNc2nc(N3CCC(N4CCOCC4)CC3)nc3nc[nH]c23)c1. The van der Waals surface area contributed by atoms with E-state index in [0.717, 1.165) is 75.1 Å². The van der Waals surface area contributed by atoms with Crippen LogP contribution < -0.4 is 10.2 Å². The second kappa shape index (κ2) is 8.30. The summed E-state index contributed by atoms with van der Waals surface area (Å²) in [6, 6.07) is 4.61. The van der Waals surface area contributed by atoms with Gasteiger partial charge in [-0.15, -0.1) is 0 Å². The van der Waals surface area contributed by atoms with E-state index >= 15 is 0 Å². The molecule has 2 saturated heterocycles. The van der Waals surface area contributed by atoms with E-state index in [1.54, 1.807) is 12.5 Å². The van der Waals surface area contributed by atoms with Crippen molar-refractivity contribution in [3.05, 3.63) is 36.4 Å². The van der Waals surface area contributed by atoms with Crippen LogP contribution in [0, 0.1) is 0 Å². The van der Waals surface area contributed by atoms with Crippen LogP contribution in [0.1, 0.15) is 18.4 Å². The zero-order valence-electron chi connectivity index (χ0n) is 16.4. The van der Waals surface area contributed by atoms with Gasteiger partial charge in [0.25, 0.3) is 0 Å². The molecule has 0 amide bonds. The highest BCUT2D eigenvalue weighted by Crippen LogP contribution is 2.25. The number of nitrogens with one attached hydrogen (secondary N) is 2. The molecule has 0 radical (unpaired) electrons. The van der Waals surface area contributed by atoms with Crippen molar-refractivity contribution in [2.24, 2.45) is 0 Å². The summed E-state index contributed by atoms with van der Waals surface area (Å²) in [4.78, 5) is 26.1. The maximum Gasteiger partial charge on any atom is 0.229 e. The predicted octanol–water partition coefficient (Wildman–Crippen LogP) is 1.66. The number of morpholine rings is 1. The van der Waals surface area contributed by atoms with Crippen molar-refractivity contribution >= 4 is 22.9 Å². The fourth-order valence-corrected chi connectivity index (χ4v) is 4.15. The Hall–Kier alpha value is -2.78. The molecule has 0 saturated carbocycles. The van der Waals surface area contributed by atoms with Crippen molar-refractivity contribution in [2.75, 3.05) is 49.6 Å². The molecule has 5 heterocycles. The lowest BCUT2D eigenvalue weighted by Crippen LogP contribution is -2.49. The van der Waals surface area contributed by atoms with Gasteiger partial charge in [-0.3, -0.25) is 9.88 Å². The number of nitrogens with zero attached hydrogens (tertiary/aromatic N) is 6. The third kappa shape index (κ3) is 4.01. The zero-order valence-corrected chi connectivity index (χ0v) is 16.4. The lowest BCUT2D eigenvalue weighted by atomic mass is 10.0. The van der Waals surface area contributed by atoms with Crippen LogP contribution in [-0.2, 0) is 11.3 Å². The second-order valence-corrected chi connectivity index (χ2v) is 7.55. The van der Waals surface area contributed by atoms with E-state index < -0.39 is 0 Å². The molecule has 2 N–H and O–H groups in total. The van der Waals surface area contributed by atoms with E-state index in [1.807, 2.05) is 18.3 Å². The maximum absolute atomic E-state index is 5.49. The number of aromatic amines is 1. The molecular weight excluding hydrogens is 368 g/mol. The van der Waals surface area contributed by atoms with Crippen LogP contribution in [-0.4, -0.2) is 75.3 Å². The molecule has 9 nitrogen and oxygen atoms in total. The average molecular weight is 394 g/mol. The van der Waals surface area contributed by atoms with Crippen LogP contribution >= 0.6 is 0 Å². The van der Waals surface area contributed by atoms with E-state index in [2.05, 4.69) is 30.1 Å². The lowest BCUT2D eigenvalue weighted by molar-refractivity contribution is 0.0114. The first kappa shape index (κ1) is 18.3. The number of piperidine rings is 1. The second-order valence-electron chi connectivity index (χ2n) is 7.55. The molecule has 9 heteroatoms. The van der Waals surface area contributed by atoms with Gasteiger partial charge in [0.1, 0.15) is 5.52 Å². The summed E-state index contributed by atoms with van der Waals surface area (Å²) in [7, 11) is 0. The minimum absolute atomic E-state index is 0.632. The number of fused-ring (bicyclic) bond motifs is 1. The fourth-order valence-electron chi connectivity index (χ4n) is 4.15. The number of anilines is 2. The van der Waals surface area contributed by atoms with E-state index in [-0.39, 0.29) is 0 Å². The summed E-state index contributed by atoms with van der Waals surface area (Å²) in [5.74, 6) is 1.53. The molecule has 2 fully saturated rings. The highest BCUT2D eigenvalue weighted by molar-refractivity contribution is 5.83. The van der Waals surface area contributed by atoms with Gasteiger partial charge in [0.2, 0.25) is 5.95 Å². The molecular formula is C20H26N8O. The molecule has 3 aromatic heterocycles. The van der Waals surface area contributed by atoms with Gasteiger partial charge in [0.15, 0.2) is 11.5 Å². The van der Waals surface area contributed by atoms with Crippen LogP contribution in [0.15, 0.2) is 30.9 Å². The van der Waals surface area contributed by atoms with Crippen LogP contribution in [0.25, 0.3) is 11.2 Å². The Balaban J connectivity index is 1.30. The predicted molar refractivity (Wildman–Crippen MR) is 111 cm³/mol. The number of hydrogen-bond acceptors (Lipinski definition) is 8. The van der Waals surface area contributed by atoms with Gasteiger partial charge in [-0.05, 0) is 24.5 Å². The van der Waals surface area contributed by atoms with Crippen molar-refractivity contribution in [2.45, 2.75) is 25.4 Å². The quantitative estimate of drug-likeness (QED) is 0.675. The smallest absolute Gasteiger partial charge is 0.229 e. The summed E-state index contributed by atoms with van der Waals surface area (Å²) in [6.45, 7) is 6.36. The number of H-pyrrole nitrogens is 1. The van der Waals surface area contributed by atoms with Crippen LogP contribution in [0.5, 0.6) is 0 Å². The normalized spacial score (nSPS) is 19.0. The van der Waals surface area contributed by atoms with Gasteiger partial charge in [-0.25, -0.2) is 4.98 Å². The molecule has 5 rings (SSSR count). The van der Waals surface area contributed by atoms with Gasteiger partial charge < -0.3 is 19.9 Å². The largest absolute Gasteiger partial charge is 0.379 e. The molecule has 0 aromatic carbocycles. The number of imidazole rings is 1. The molecule has 2 aliphatic rings. The molecule has 0 atom stereocenters. The Labute approximate surface area is 169 Å². The highest BCUT2D eigenvalue weighted by Gasteiger charge is 2.27. The maximum atomic E-state index is 5.49. The van der Waals surface area contributed by atoms with Crippen molar-refractivity contribution in [1.82, 2.24) is 29.8 Å². The van der Waals surface area contributed by atoms with Crippen molar-refractivity contribution in [3.8, 4) is 0 Å². The van der Waals surface area contributed by atoms with E-state index in [9.17, 15) is 0 Å². The number of pyridine rings is 1. The monoisotopic (exact) mass is 394 g/mol.